The van der Waals surface area contributed by atoms with Crippen LogP contribution in [0.4, 0.5) is 0 Å². The molecule has 1 aromatic carbocycles. The summed E-state index contributed by atoms with van der Waals surface area (Å²) in [6, 6.07) is 6.08. The number of hydrogen-bond donors (Lipinski definition) is 1. The Morgan fingerprint density at radius 2 is 1.78 bits per heavy atom. The predicted molar refractivity (Wildman–Crippen MR) is 71.4 cm³/mol. The smallest absolute Gasteiger partial charge is 0.160 e. The number of aliphatic hydroxyl groups excluding tert-OH is 1. The number of methoxy groups -OCH3 is 2. The van der Waals surface area contributed by atoms with Crippen molar-refractivity contribution in [2.45, 2.75) is 44.1 Å². The second-order valence-corrected chi connectivity index (χ2v) is 4.99. The molecule has 100 valence electrons. The first kappa shape index (κ1) is 13.2. The number of aliphatic hydroxyl groups is 1. The van der Waals surface area contributed by atoms with Crippen LogP contribution in [-0.4, -0.2) is 25.4 Å². The highest BCUT2D eigenvalue weighted by molar-refractivity contribution is 5.44. The van der Waals surface area contributed by atoms with Gasteiger partial charge in [0, 0.05) is 0 Å². The van der Waals surface area contributed by atoms with Crippen molar-refractivity contribution in [3.63, 3.8) is 0 Å². The van der Waals surface area contributed by atoms with E-state index in [-0.39, 0.29) is 6.10 Å². The lowest BCUT2D eigenvalue weighted by Gasteiger charge is -2.18. The molecule has 0 bridgehead atoms. The van der Waals surface area contributed by atoms with E-state index in [0.29, 0.717) is 5.92 Å². The molecule has 0 aromatic heterocycles. The maximum absolute atomic E-state index is 9.89. The van der Waals surface area contributed by atoms with Gasteiger partial charge in [0.2, 0.25) is 0 Å². The maximum atomic E-state index is 9.89. The van der Waals surface area contributed by atoms with Gasteiger partial charge in [-0.1, -0.05) is 18.9 Å². The lowest BCUT2D eigenvalue weighted by molar-refractivity contribution is 0.152. The van der Waals surface area contributed by atoms with Gasteiger partial charge in [0.05, 0.1) is 20.3 Å². The van der Waals surface area contributed by atoms with Crippen LogP contribution in [-0.2, 0) is 0 Å². The van der Waals surface area contributed by atoms with Crippen LogP contribution in [0.15, 0.2) is 18.2 Å². The van der Waals surface area contributed by atoms with E-state index in [0.717, 1.165) is 37.2 Å². The highest BCUT2D eigenvalue weighted by Crippen LogP contribution is 2.36. The van der Waals surface area contributed by atoms with E-state index in [1.165, 1.54) is 12.0 Å². The summed E-state index contributed by atoms with van der Waals surface area (Å²) in [5.74, 6) is 1.96. The average molecular weight is 250 g/mol. The fraction of sp³-hybridized carbons (Fsp3) is 0.600. The van der Waals surface area contributed by atoms with E-state index >= 15 is 0 Å². The molecule has 3 heteroatoms. The second kappa shape index (κ2) is 6.10. The van der Waals surface area contributed by atoms with Gasteiger partial charge in [0.15, 0.2) is 11.5 Å². The molecule has 2 atom stereocenters. The molecule has 2 unspecified atom stereocenters. The van der Waals surface area contributed by atoms with Crippen LogP contribution in [0.5, 0.6) is 11.5 Å². The Bertz CT molecular complexity index is 389. The first-order chi connectivity index (χ1) is 8.74. The molecule has 0 heterocycles. The van der Waals surface area contributed by atoms with Gasteiger partial charge >= 0.3 is 0 Å². The van der Waals surface area contributed by atoms with Crippen molar-refractivity contribution >= 4 is 0 Å². The van der Waals surface area contributed by atoms with Gasteiger partial charge in [0.25, 0.3) is 0 Å². The van der Waals surface area contributed by atoms with Gasteiger partial charge in [-0.2, -0.15) is 0 Å². The average Bonchev–Trinajstić information content (AvgIpc) is 2.62. The maximum Gasteiger partial charge on any atom is 0.160 e. The SMILES string of the molecule is COc1ccc(C2CCCCC(O)C2)cc1OC. The summed E-state index contributed by atoms with van der Waals surface area (Å²) in [6.07, 6.45) is 5.10. The summed E-state index contributed by atoms with van der Waals surface area (Å²) >= 11 is 0. The second-order valence-electron chi connectivity index (χ2n) is 4.99. The van der Waals surface area contributed by atoms with Crippen LogP contribution in [0.2, 0.25) is 0 Å². The van der Waals surface area contributed by atoms with Crippen molar-refractivity contribution < 1.29 is 14.6 Å². The van der Waals surface area contributed by atoms with Crippen molar-refractivity contribution in [3.05, 3.63) is 23.8 Å². The molecule has 1 N–H and O–H groups in total. The minimum absolute atomic E-state index is 0.161. The molecule has 0 saturated heterocycles. The van der Waals surface area contributed by atoms with Crippen LogP contribution in [0.3, 0.4) is 0 Å². The molecule has 1 aliphatic rings. The summed E-state index contributed by atoms with van der Waals surface area (Å²) in [4.78, 5) is 0. The molecule has 1 fully saturated rings. The third-order valence-corrected chi connectivity index (χ3v) is 3.78. The molecule has 18 heavy (non-hydrogen) atoms. The Morgan fingerprint density at radius 1 is 1.06 bits per heavy atom. The van der Waals surface area contributed by atoms with Gasteiger partial charge in [-0.25, -0.2) is 0 Å². The summed E-state index contributed by atoms with van der Waals surface area (Å²) in [7, 11) is 3.30. The van der Waals surface area contributed by atoms with Crippen LogP contribution in [0, 0.1) is 0 Å². The molecule has 1 aliphatic carbocycles. The normalized spacial score (nSPS) is 24.4. The minimum Gasteiger partial charge on any atom is -0.493 e. The zero-order chi connectivity index (χ0) is 13.0. The standard InChI is InChI=1S/C15H22O3/c1-17-14-8-7-12(10-15(14)18-2)11-5-3-4-6-13(16)9-11/h7-8,10-11,13,16H,3-6,9H2,1-2H3. The van der Waals surface area contributed by atoms with Crippen molar-refractivity contribution in [2.75, 3.05) is 14.2 Å². The first-order valence-electron chi connectivity index (χ1n) is 6.64. The number of ether oxygens (including phenoxy) is 2. The lowest BCUT2D eigenvalue weighted by Crippen LogP contribution is -2.09. The van der Waals surface area contributed by atoms with Crippen LogP contribution in [0.25, 0.3) is 0 Å². The van der Waals surface area contributed by atoms with E-state index in [1.807, 2.05) is 12.1 Å². The minimum atomic E-state index is -0.161. The van der Waals surface area contributed by atoms with Crippen molar-refractivity contribution in [3.8, 4) is 11.5 Å². The number of rotatable bonds is 3. The Labute approximate surface area is 109 Å². The Balaban J connectivity index is 2.21. The van der Waals surface area contributed by atoms with E-state index in [1.54, 1.807) is 14.2 Å². The molecule has 1 aromatic rings. The zero-order valence-electron chi connectivity index (χ0n) is 11.2. The summed E-state index contributed by atoms with van der Waals surface area (Å²) in [5.41, 5.74) is 1.24. The van der Waals surface area contributed by atoms with Crippen LogP contribution in [0.1, 0.15) is 43.6 Å². The Morgan fingerprint density at radius 3 is 2.50 bits per heavy atom. The fourth-order valence-electron chi connectivity index (χ4n) is 2.74. The van der Waals surface area contributed by atoms with E-state index in [4.69, 9.17) is 9.47 Å². The van der Waals surface area contributed by atoms with E-state index < -0.39 is 0 Å². The molecule has 0 amide bonds. The van der Waals surface area contributed by atoms with Crippen molar-refractivity contribution in [1.29, 1.82) is 0 Å². The van der Waals surface area contributed by atoms with Crippen LogP contribution < -0.4 is 9.47 Å². The molecule has 3 nitrogen and oxygen atoms in total. The summed E-state index contributed by atoms with van der Waals surface area (Å²) < 4.78 is 10.6. The molecule has 2 rings (SSSR count). The first-order valence-corrected chi connectivity index (χ1v) is 6.64. The Kier molecular flexibility index (Phi) is 4.48. The number of hydrogen-bond acceptors (Lipinski definition) is 3. The van der Waals surface area contributed by atoms with Crippen LogP contribution >= 0.6 is 0 Å². The third-order valence-electron chi connectivity index (χ3n) is 3.78. The van der Waals surface area contributed by atoms with Gasteiger partial charge in [-0.05, 0) is 42.9 Å². The molecule has 0 spiro atoms. The predicted octanol–water partition coefficient (Wildman–Crippen LogP) is 3.11. The topological polar surface area (TPSA) is 38.7 Å². The summed E-state index contributed by atoms with van der Waals surface area (Å²) in [5, 5.41) is 9.89. The van der Waals surface area contributed by atoms with Gasteiger partial charge < -0.3 is 14.6 Å². The largest absolute Gasteiger partial charge is 0.493 e. The van der Waals surface area contributed by atoms with E-state index in [9.17, 15) is 5.11 Å². The van der Waals surface area contributed by atoms with Gasteiger partial charge in [-0.3, -0.25) is 0 Å². The van der Waals surface area contributed by atoms with Gasteiger partial charge in [0.1, 0.15) is 0 Å². The highest BCUT2D eigenvalue weighted by Gasteiger charge is 2.21. The quantitative estimate of drug-likeness (QED) is 0.838. The monoisotopic (exact) mass is 250 g/mol. The zero-order valence-corrected chi connectivity index (χ0v) is 11.2. The molecule has 1 saturated carbocycles. The fourth-order valence-corrected chi connectivity index (χ4v) is 2.74. The molecule has 0 aliphatic heterocycles. The van der Waals surface area contributed by atoms with E-state index in [2.05, 4.69) is 6.07 Å². The number of benzene rings is 1. The molecular formula is C15H22O3. The van der Waals surface area contributed by atoms with Gasteiger partial charge in [-0.15, -0.1) is 0 Å². The summed E-state index contributed by atoms with van der Waals surface area (Å²) in [6.45, 7) is 0. The highest BCUT2D eigenvalue weighted by atomic mass is 16.5. The third kappa shape index (κ3) is 2.96. The lowest BCUT2D eigenvalue weighted by atomic mass is 9.91. The van der Waals surface area contributed by atoms with Crippen molar-refractivity contribution in [2.24, 2.45) is 0 Å². The Hall–Kier alpha value is -1.22. The van der Waals surface area contributed by atoms with Crippen molar-refractivity contribution in [1.82, 2.24) is 0 Å². The molecular weight excluding hydrogens is 228 g/mol. The molecule has 0 radical (unpaired) electrons.